The largest absolute Gasteiger partial charge is 0.368 e. The predicted octanol–water partition coefficient (Wildman–Crippen LogP) is 3.88. The molecule has 5 rings (SSSR count). The van der Waals surface area contributed by atoms with Gasteiger partial charge in [0, 0.05) is 43.1 Å². The maximum atomic E-state index is 13.5. The smallest absolute Gasteiger partial charge is 0.220 e. The summed E-state index contributed by atoms with van der Waals surface area (Å²) >= 11 is 0. The first-order valence-corrected chi connectivity index (χ1v) is 10.6. The summed E-state index contributed by atoms with van der Waals surface area (Å²) in [6, 6.07) is 14.6. The standard InChI is InChI=1S/C24H24FN7/c1-16-3-2-4-19(29-16)13-31-12-10-20(14-31)32-15-28-22(17-5-7-18(25)8-6-17)23(32)21-9-11-27-24(26)30-21/h2-9,11,15,20H,10,12-14H2,1H3,(H2,26,27,30). The van der Waals surface area contributed by atoms with Crippen molar-refractivity contribution in [2.45, 2.75) is 25.9 Å². The monoisotopic (exact) mass is 429 g/mol. The third-order valence-corrected chi connectivity index (χ3v) is 5.80. The number of rotatable bonds is 5. The summed E-state index contributed by atoms with van der Waals surface area (Å²) in [5.41, 5.74) is 11.1. The first kappa shape index (κ1) is 20.3. The van der Waals surface area contributed by atoms with Crippen molar-refractivity contribution in [3.05, 3.63) is 78.3 Å². The van der Waals surface area contributed by atoms with Crippen LogP contribution in [0.1, 0.15) is 23.9 Å². The van der Waals surface area contributed by atoms with E-state index in [1.165, 1.54) is 12.1 Å². The van der Waals surface area contributed by atoms with E-state index in [9.17, 15) is 4.39 Å². The van der Waals surface area contributed by atoms with Gasteiger partial charge in [0.2, 0.25) is 5.95 Å². The molecule has 162 valence electrons. The molecule has 1 aromatic carbocycles. The van der Waals surface area contributed by atoms with Crippen LogP contribution < -0.4 is 5.73 Å². The second-order valence-corrected chi connectivity index (χ2v) is 8.10. The Hall–Kier alpha value is -3.65. The number of benzene rings is 1. The summed E-state index contributed by atoms with van der Waals surface area (Å²) in [5, 5.41) is 0. The molecule has 0 saturated carbocycles. The summed E-state index contributed by atoms with van der Waals surface area (Å²) in [6.07, 6.45) is 4.48. The number of hydrogen-bond acceptors (Lipinski definition) is 6. The number of pyridine rings is 1. The van der Waals surface area contributed by atoms with Gasteiger partial charge < -0.3 is 10.3 Å². The van der Waals surface area contributed by atoms with Crippen molar-refractivity contribution >= 4 is 5.95 Å². The third-order valence-electron chi connectivity index (χ3n) is 5.80. The molecule has 32 heavy (non-hydrogen) atoms. The van der Waals surface area contributed by atoms with Crippen LogP contribution in [0.5, 0.6) is 0 Å². The highest BCUT2D eigenvalue weighted by molar-refractivity contribution is 5.77. The number of hydrogen-bond donors (Lipinski definition) is 1. The fraction of sp³-hybridized carbons (Fsp3) is 0.250. The third kappa shape index (κ3) is 4.09. The number of anilines is 1. The number of aromatic nitrogens is 5. The predicted molar refractivity (Wildman–Crippen MR) is 121 cm³/mol. The van der Waals surface area contributed by atoms with E-state index in [0.29, 0.717) is 5.69 Å². The molecular weight excluding hydrogens is 405 g/mol. The number of nitrogens with two attached hydrogens (primary N) is 1. The number of halogens is 1. The zero-order valence-electron chi connectivity index (χ0n) is 17.8. The van der Waals surface area contributed by atoms with E-state index in [2.05, 4.69) is 30.5 Å². The minimum atomic E-state index is -0.280. The Morgan fingerprint density at radius 3 is 2.69 bits per heavy atom. The van der Waals surface area contributed by atoms with Crippen LogP contribution in [0, 0.1) is 12.7 Å². The normalized spacial score (nSPS) is 16.5. The molecule has 0 bridgehead atoms. The number of nitrogen functional groups attached to an aromatic ring is 1. The van der Waals surface area contributed by atoms with Gasteiger partial charge in [-0.25, -0.2) is 19.3 Å². The van der Waals surface area contributed by atoms with Crippen LogP contribution in [0.3, 0.4) is 0 Å². The fourth-order valence-corrected chi connectivity index (χ4v) is 4.32. The van der Waals surface area contributed by atoms with E-state index in [1.54, 1.807) is 18.3 Å². The molecule has 0 spiro atoms. The van der Waals surface area contributed by atoms with Crippen molar-refractivity contribution in [1.82, 2.24) is 29.4 Å². The highest BCUT2D eigenvalue weighted by Crippen LogP contribution is 2.35. The summed E-state index contributed by atoms with van der Waals surface area (Å²) in [7, 11) is 0. The Kier molecular flexibility index (Phi) is 5.36. The van der Waals surface area contributed by atoms with Crippen molar-refractivity contribution in [3.8, 4) is 22.6 Å². The van der Waals surface area contributed by atoms with Crippen molar-refractivity contribution in [1.29, 1.82) is 0 Å². The van der Waals surface area contributed by atoms with E-state index in [-0.39, 0.29) is 17.8 Å². The van der Waals surface area contributed by atoms with Gasteiger partial charge in [-0.1, -0.05) is 6.07 Å². The zero-order chi connectivity index (χ0) is 22.1. The van der Waals surface area contributed by atoms with Crippen LogP contribution >= 0.6 is 0 Å². The first-order chi connectivity index (χ1) is 15.6. The molecule has 4 heterocycles. The van der Waals surface area contributed by atoms with Crippen LogP contribution in [0.25, 0.3) is 22.6 Å². The fourth-order valence-electron chi connectivity index (χ4n) is 4.32. The second-order valence-electron chi connectivity index (χ2n) is 8.10. The molecule has 8 heteroatoms. The lowest BCUT2D eigenvalue weighted by atomic mass is 10.1. The molecule has 1 unspecified atom stereocenters. The molecule has 2 N–H and O–H groups in total. The molecule has 0 aliphatic carbocycles. The Labute approximate surface area is 185 Å². The summed E-state index contributed by atoms with van der Waals surface area (Å²) in [6.45, 7) is 4.67. The molecule has 3 aromatic heterocycles. The van der Waals surface area contributed by atoms with Crippen molar-refractivity contribution in [2.75, 3.05) is 18.8 Å². The van der Waals surface area contributed by atoms with Crippen molar-refractivity contribution in [3.63, 3.8) is 0 Å². The molecular formula is C24H24FN7. The van der Waals surface area contributed by atoms with Crippen LogP contribution in [-0.4, -0.2) is 42.5 Å². The summed E-state index contributed by atoms with van der Waals surface area (Å²) in [4.78, 5) is 20.2. The Balaban J connectivity index is 1.48. The highest BCUT2D eigenvalue weighted by atomic mass is 19.1. The van der Waals surface area contributed by atoms with E-state index >= 15 is 0 Å². The molecule has 1 atom stereocenters. The second kappa shape index (κ2) is 8.47. The van der Waals surface area contributed by atoms with Crippen molar-refractivity contribution in [2.24, 2.45) is 0 Å². The highest BCUT2D eigenvalue weighted by Gasteiger charge is 2.28. The average Bonchev–Trinajstić information content (AvgIpc) is 3.41. The minimum Gasteiger partial charge on any atom is -0.368 e. The van der Waals surface area contributed by atoms with Gasteiger partial charge in [-0.05, 0) is 55.8 Å². The number of likely N-dealkylation sites (tertiary alicyclic amines) is 1. The lowest BCUT2D eigenvalue weighted by Crippen LogP contribution is -2.22. The number of aryl methyl sites for hydroxylation is 1. The molecule has 1 aliphatic heterocycles. The maximum absolute atomic E-state index is 13.5. The summed E-state index contributed by atoms with van der Waals surface area (Å²) < 4.78 is 15.7. The van der Waals surface area contributed by atoms with Crippen LogP contribution in [-0.2, 0) is 6.54 Å². The first-order valence-electron chi connectivity index (χ1n) is 10.6. The molecule has 1 fully saturated rings. The van der Waals surface area contributed by atoms with Crippen LogP contribution in [0.15, 0.2) is 61.1 Å². The number of imidazole rings is 1. The summed E-state index contributed by atoms with van der Waals surface area (Å²) in [5.74, 6) is -0.0731. The van der Waals surface area contributed by atoms with Gasteiger partial charge in [-0.3, -0.25) is 9.88 Å². The lowest BCUT2D eigenvalue weighted by Gasteiger charge is -2.18. The van der Waals surface area contributed by atoms with Gasteiger partial charge in [0.05, 0.1) is 29.1 Å². The van der Waals surface area contributed by atoms with Crippen LogP contribution in [0.2, 0.25) is 0 Å². The topological polar surface area (TPSA) is 85.8 Å². The molecule has 0 radical (unpaired) electrons. The maximum Gasteiger partial charge on any atom is 0.220 e. The van der Waals surface area contributed by atoms with E-state index in [0.717, 1.165) is 54.4 Å². The Bertz CT molecular complexity index is 1240. The molecule has 1 saturated heterocycles. The Morgan fingerprint density at radius 1 is 1.06 bits per heavy atom. The van der Waals surface area contributed by atoms with E-state index < -0.39 is 0 Å². The lowest BCUT2D eigenvalue weighted by molar-refractivity contribution is 0.312. The Morgan fingerprint density at radius 2 is 1.91 bits per heavy atom. The molecule has 4 aromatic rings. The minimum absolute atomic E-state index is 0.207. The van der Waals surface area contributed by atoms with Gasteiger partial charge >= 0.3 is 0 Å². The van der Waals surface area contributed by atoms with E-state index in [1.807, 2.05) is 31.5 Å². The number of nitrogens with zero attached hydrogens (tertiary/aromatic N) is 6. The molecule has 7 nitrogen and oxygen atoms in total. The molecule has 0 amide bonds. The van der Waals surface area contributed by atoms with Gasteiger partial charge in [0.1, 0.15) is 5.82 Å². The van der Waals surface area contributed by atoms with Gasteiger partial charge in [0.25, 0.3) is 0 Å². The van der Waals surface area contributed by atoms with Gasteiger partial charge in [0.15, 0.2) is 0 Å². The van der Waals surface area contributed by atoms with Crippen molar-refractivity contribution < 1.29 is 4.39 Å². The molecule has 1 aliphatic rings. The van der Waals surface area contributed by atoms with Gasteiger partial charge in [-0.15, -0.1) is 0 Å². The van der Waals surface area contributed by atoms with Crippen LogP contribution in [0.4, 0.5) is 10.3 Å². The average molecular weight is 430 g/mol. The van der Waals surface area contributed by atoms with Gasteiger partial charge in [-0.2, -0.15) is 0 Å². The quantitative estimate of drug-likeness (QED) is 0.518. The SMILES string of the molecule is Cc1cccc(CN2CCC(n3cnc(-c4ccc(F)cc4)c3-c3ccnc(N)n3)C2)n1. The van der Waals surface area contributed by atoms with E-state index in [4.69, 9.17) is 10.7 Å². The zero-order valence-corrected chi connectivity index (χ0v) is 17.8.